The lowest BCUT2D eigenvalue weighted by molar-refractivity contribution is -0.159. The van der Waals surface area contributed by atoms with Gasteiger partial charge in [0.15, 0.2) is 0 Å². The molecule has 1 aromatic carbocycles. The number of primary amides is 2. The molecule has 1 heterocycles. The maximum atomic E-state index is 14.0. The fraction of sp³-hybridized carbons (Fsp3) is 0.612. The molecule has 2 rings (SSSR count). The molecule has 16 N–H and O–H groups in total. The first kappa shape index (κ1) is 66.2. The lowest BCUT2D eigenvalue weighted by atomic mass is 10.0. The van der Waals surface area contributed by atoms with Gasteiger partial charge < -0.3 is 84.3 Å². The Morgan fingerprint density at radius 3 is 1.69 bits per heavy atom. The van der Waals surface area contributed by atoms with Gasteiger partial charge in [0.05, 0.1) is 26.2 Å². The molecule has 29 nitrogen and oxygen atoms in total. The van der Waals surface area contributed by atoms with Crippen molar-refractivity contribution in [1.29, 1.82) is 0 Å². The molecule has 1 aliphatic rings. The number of hydrogen-bond acceptors (Lipinski definition) is 17. The molecule has 0 bridgehead atoms. The maximum Gasteiger partial charge on any atom is 0.407 e. The van der Waals surface area contributed by atoms with Gasteiger partial charge in [0.1, 0.15) is 59.5 Å². The topological polar surface area (TPSA) is 453 Å². The Kier molecular flexibility index (Phi) is 27.1. The van der Waals surface area contributed by atoms with Crippen LogP contribution in [0.25, 0.3) is 0 Å². The predicted molar refractivity (Wildman–Crippen MR) is 274 cm³/mol. The van der Waals surface area contributed by atoms with E-state index in [4.69, 9.17) is 20.9 Å². The molecule has 1 fully saturated rings. The van der Waals surface area contributed by atoms with Gasteiger partial charge in [-0.2, -0.15) is 0 Å². The number of aliphatic hydroxyl groups is 2. The molecule has 0 aromatic heterocycles. The van der Waals surface area contributed by atoms with Crippen LogP contribution >= 0.6 is 0 Å². The first-order valence-electron chi connectivity index (χ1n) is 25.1. The third-order valence-corrected chi connectivity index (χ3v) is 11.0. The van der Waals surface area contributed by atoms with Gasteiger partial charge in [-0.15, -0.1) is 0 Å². The molecule has 0 radical (unpaired) electrons. The zero-order valence-corrected chi connectivity index (χ0v) is 44.9. The molecule has 0 unspecified atom stereocenters. The van der Waals surface area contributed by atoms with Crippen LogP contribution in [0.1, 0.15) is 105 Å². The minimum absolute atomic E-state index is 0.101. The zero-order valence-electron chi connectivity index (χ0n) is 44.9. The molecule has 1 aromatic rings. The number of amides is 12. The Labute approximate surface area is 450 Å². The Bertz CT molecular complexity index is 2310. The second-order valence-corrected chi connectivity index (χ2v) is 20.2. The van der Waals surface area contributed by atoms with Crippen molar-refractivity contribution in [3.05, 3.63) is 35.9 Å². The molecule has 0 saturated carbocycles. The number of unbranched alkanes of at least 4 members (excludes halogenated alkanes) is 1. The SMILES string of the molecule is C[C@H](NC(=O)[C@@H]1CCC(=O)N1)C(=O)N[C@@H](CCCCNC(=O)OC(C)(C)C)C(=O)N[C@@H](CO)C(=O)N[C@@H](CCC(N)=O)C(=O)N[C@H](Cc1ccccc1)C(=O)NCC(=O)N[C@@H](CO)C(=O)N[C@@H](CC(N)=O)C(=O)OC(C)(C)C. The van der Waals surface area contributed by atoms with E-state index in [2.05, 4.69) is 53.2 Å². The quantitative estimate of drug-likeness (QED) is 0.0245. The van der Waals surface area contributed by atoms with Crippen LogP contribution in [0.3, 0.4) is 0 Å². The average Bonchev–Trinajstić information content (AvgIpc) is 3.79. The summed E-state index contributed by atoms with van der Waals surface area (Å²) in [4.78, 5) is 168. The molecule has 0 aliphatic carbocycles. The van der Waals surface area contributed by atoms with E-state index in [9.17, 15) is 72.5 Å². The number of ether oxygens (including phenoxy) is 2. The van der Waals surface area contributed by atoms with Crippen LogP contribution in [0.5, 0.6) is 0 Å². The maximum absolute atomic E-state index is 14.0. The van der Waals surface area contributed by atoms with E-state index in [1.54, 1.807) is 51.1 Å². The summed E-state index contributed by atoms with van der Waals surface area (Å²) < 4.78 is 10.4. The van der Waals surface area contributed by atoms with Crippen LogP contribution in [0, 0.1) is 0 Å². The molecule has 29 heteroatoms. The summed E-state index contributed by atoms with van der Waals surface area (Å²) in [7, 11) is 0. The van der Waals surface area contributed by atoms with E-state index in [1.807, 2.05) is 0 Å². The molecule has 1 aliphatic heterocycles. The van der Waals surface area contributed by atoms with Crippen molar-refractivity contribution in [2.75, 3.05) is 26.3 Å². The highest BCUT2D eigenvalue weighted by molar-refractivity contribution is 5.98. The summed E-state index contributed by atoms with van der Waals surface area (Å²) in [5.41, 5.74) is 9.31. The first-order valence-corrected chi connectivity index (χ1v) is 25.1. The molecule has 434 valence electrons. The molecule has 0 spiro atoms. The van der Waals surface area contributed by atoms with Gasteiger partial charge in [-0.05, 0) is 86.1 Å². The highest BCUT2D eigenvalue weighted by Crippen LogP contribution is 2.12. The molecule has 8 atom stereocenters. The van der Waals surface area contributed by atoms with Crippen LogP contribution < -0.4 is 64.6 Å². The van der Waals surface area contributed by atoms with Crippen molar-refractivity contribution in [3.8, 4) is 0 Å². The first-order chi connectivity index (χ1) is 36.4. The normalized spacial score (nSPS) is 15.8. The number of carbonyl (C=O) groups is 13. The van der Waals surface area contributed by atoms with Crippen molar-refractivity contribution in [3.63, 3.8) is 0 Å². The van der Waals surface area contributed by atoms with Gasteiger partial charge in [0, 0.05) is 25.8 Å². The minimum Gasteiger partial charge on any atom is -0.458 e. The van der Waals surface area contributed by atoms with Crippen LogP contribution in [0.15, 0.2) is 30.3 Å². The number of aliphatic hydroxyl groups excluding tert-OH is 2. The van der Waals surface area contributed by atoms with E-state index in [1.165, 1.54) is 27.7 Å². The second-order valence-electron chi connectivity index (χ2n) is 20.2. The smallest absolute Gasteiger partial charge is 0.407 e. The standard InChI is InChI=1S/C49H76N12O17/c1-26(54-41(70)29-17-19-37(66)55-29)39(68)57-28(15-11-12-20-52-47(76)78-49(5,6)7)42(71)61-34(25-63)45(74)58-30(16-18-35(50)64)43(72)59-31(21-27-13-9-8-10-14-27)40(69)53-23-38(67)56-33(24-62)44(73)60-32(22-36(51)65)46(75)77-48(2,3)4/h8-10,13-14,26,28-34,62-63H,11-12,15-25H2,1-7H3,(H2,50,64)(H2,51,65)(H,52,76)(H,53,69)(H,54,70)(H,55,66)(H,56,67)(H,57,68)(H,58,74)(H,59,72)(H,60,73)(H,61,71)/t26-,28-,29-,30-,31+,32-,33-,34-/m0/s1. The van der Waals surface area contributed by atoms with E-state index >= 15 is 0 Å². The Morgan fingerprint density at radius 1 is 0.628 bits per heavy atom. The van der Waals surface area contributed by atoms with Gasteiger partial charge in [0.25, 0.3) is 0 Å². The van der Waals surface area contributed by atoms with Crippen molar-refractivity contribution in [1.82, 2.24) is 53.2 Å². The number of esters is 1. The number of nitrogens with two attached hydrogens (primary N) is 2. The third kappa shape index (κ3) is 25.7. The van der Waals surface area contributed by atoms with E-state index < -0.39 is 170 Å². The number of rotatable bonds is 31. The Morgan fingerprint density at radius 2 is 1.15 bits per heavy atom. The second kappa shape index (κ2) is 31.9. The fourth-order valence-electron chi connectivity index (χ4n) is 7.13. The van der Waals surface area contributed by atoms with Crippen LogP contribution in [-0.4, -0.2) is 173 Å². The van der Waals surface area contributed by atoms with Crippen LogP contribution in [0.2, 0.25) is 0 Å². The summed E-state index contributed by atoms with van der Waals surface area (Å²) in [6, 6.07) is -3.67. The number of hydrogen-bond donors (Lipinski definition) is 14. The summed E-state index contributed by atoms with van der Waals surface area (Å²) in [5, 5.41) is 44.1. The largest absolute Gasteiger partial charge is 0.458 e. The summed E-state index contributed by atoms with van der Waals surface area (Å²) in [6.45, 7) is 8.14. The van der Waals surface area contributed by atoms with Gasteiger partial charge in [0.2, 0.25) is 65.0 Å². The van der Waals surface area contributed by atoms with Crippen molar-refractivity contribution in [2.24, 2.45) is 11.5 Å². The minimum atomic E-state index is -1.81. The lowest BCUT2D eigenvalue weighted by Gasteiger charge is -2.26. The van der Waals surface area contributed by atoms with E-state index in [0.29, 0.717) is 5.56 Å². The summed E-state index contributed by atoms with van der Waals surface area (Å²) in [5.74, 6) is -11.1. The monoisotopic (exact) mass is 1100 g/mol. The predicted octanol–water partition coefficient (Wildman–Crippen LogP) is -4.80. The van der Waals surface area contributed by atoms with Gasteiger partial charge in [-0.1, -0.05) is 30.3 Å². The number of benzene rings is 1. The molecule has 12 amide bonds. The van der Waals surface area contributed by atoms with Crippen LogP contribution in [0.4, 0.5) is 4.79 Å². The summed E-state index contributed by atoms with van der Waals surface area (Å²) >= 11 is 0. The highest BCUT2D eigenvalue weighted by atomic mass is 16.6. The van der Waals surface area contributed by atoms with E-state index in [-0.39, 0.29) is 51.0 Å². The zero-order chi connectivity index (χ0) is 58.9. The molecule has 78 heavy (non-hydrogen) atoms. The van der Waals surface area contributed by atoms with Gasteiger partial charge >= 0.3 is 12.1 Å². The average molecular weight is 1110 g/mol. The Balaban J connectivity index is 2.28. The number of alkyl carbamates (subject to hydrolysis) is 1. The van der Waals surface area contributed by atoms with Crippen LogP contribution in [-0.2, 0) is 73.4 Å². The summed E-state index contributed by atoms with van der Waals surface area (Å²) in [6.07, 6.45) is -1.89. The molecular formula is C49H76N12O17. The van der Waals surface area contributed by atoms with Gasteiger partial charge in [-0.25, -0.2) is 9.59 Å². The van der Waals surface area contributed by atoms with Gasteiger partial charge in [-0.3, -0.25) is 52.7 Å². The Hall–Kier alpha value is -7.95. The lowest BCUT2D eigenvalue weighted by Crippen LogP contribution is -2.60. The van der Waals surface area contributed by atoms with Crippen molar-refractivity contribution in [2.45, 2.75) is 166 Å². The molecule has 1 saturated heterocycles. The molecular weight excluding hydrogens is 1030 g/mol. The van der Waals surface area contributed by atoms with Crippen molar-refractivity contribution < 1.29 is 82.0 Å². The number of carbonyl (C=O) groups excluding carboxylic acids is 13. The number of nitrogens with one attached hydrogen (secondary N) is 10. The van der Waals surface area contributed by atoms with E-state index in [0.717, 1.165) is 0 Å². The van der Waals surface area contributed by atoms with Crippen molar-refractivity contribution >= 4 is 77.0 Å². The highest BCUT2D eigenvalue weighted by Gasteiger charge is 2.35. The fourth-order valence-corrected chi connectivity index (χ4v) is 7.13. The third-order valence-electron chi connectivity index (χ3n) is 11.0.